The molecule has 0 saturated heterocycles. The number of hydrogen-bond donors (Lipinski definition) is 3. The lowest BCUT2D eigenvalue weighted by atomic mass is 10.1. The van der Waals surface area contributed by atoms with Gasteiger partial charge in [-0.2, -0.15) is 0 Å². The fourth-order valence-corrected chi connectivity index (χ4v) is 2.69. The Kier molecular flexibility index (Phi) is 3.38. The van der Waals surface area contributed by atoms with Crippen LogP contribution in [0.2, 0.25) is 0 Å². The van der Waals surface area contributed by atoms with Gasteiger partial charge in [-0.05, 0) is 30.3 Å². The third-order valence-corrected chi connectivity index (χ3v) is 3.83. The van der Waals surface area contributed by atoms with Gasteiger partial charge in [0.25, 0.3) is 11.8 Å². The molecule has 3 N–H and O–H groups in total. The van der Waals surface area contributed by atoms with Gasteiger partial charge in [-0.1, -0.05) is 0 Å². The number of benzene rings is 1. The van der Waals surface area contributed by atoms with Gasteiger partial charge in [0.1, 0.15) is 18.0 Å². The Morgan fingerprint density at radius 1 is 1.25 bits per heavy atom. The average molecular weight is 322 g/mol. The number of rotatable bonds is 2. The van der Waals surface area contributed by atoms with Crippen LogP contribution in [0.5, 0.6) is 5.75 Å². The fourth-order valence-electron chi connectivity index (χ4n) is 2.69. The Morgan fingerprint density at radius 3 is 3.08 bits per heavy atom. The van der Waals surface area contributed by atoms with Crippen LogP contribution in [0.25, 0.3) is 11.0 Å². The van der Waals surface area contributed by atoms with E-state index in [1.54, 1.807) is 42.7 Å². The number of H-pyrrole nitrogens is 1. The third kappa shape index (κ3) is 2.45. The molecular weight excluding hydrogens is 308 g/mol. The largest absolute Gasteiger partial charge is 0.491 e. The standard InChI is InChI=1S/C17H14N4O3/c22-16-13-9-10(1-2-14(13)24-8-7-20-16)21-17(23)12-4-6-19-15-11(12)3-5-18-15/h1-6,9H,7-8H2,(H,18,19)(H,20,22)(H,21,23). The molecule has 0 aliphatic carbocycles. The molecular formula is C17H14N4O3. The molecule has 1 aliphatic rings. The maximum atomic E-state index is 12.6. The molecule has 0 fully saturated rings. The molecule has 4 rings (SSSR count). The van der Waals surface area contributed by atoms with Gasteiger partial charge < -0.3 is 20.4 Å². The molecule has 0 spiro atoms. The van der Waals surface area contributed by atoms with Gasteiger partial charge in [-0.25, -0.2) is 4.98 Å². The van der Waals surface area contributed by atoms with Crippen LogP contribution in [-0.4, -0.2) is 34.9 Å². The van der Waals surface area contributed by atoms with Crippen molar-refractivity contribution in [3.63, 3.8) is 0 Å². The summed E-state index contributed by atoms with van der Waals surface area (Å²) in [5.41, 5.74) is 2.10. The Bertz CT molecular complexity index is 948. The highest BCUT2D eigenvalue weighted by Gasteiger charge is 2.18. The van der Waals surface area contributed by atoms with Crippen LogP contribution < -0.4 is 15.4 Å². The Balaban J connectivity index is 1.65. The highest BCUT2D eigenvalue weighted by Crippen LogP contribution is 2.25. The lowest BCUT2D eigenvalue weighted by molar-refractivity contribution is 0.0955. The van der Waals surface area contributed by atoms with Crippen molar-refractivity contribution in [3.8, 4) is 5.75 Å². The SMILES string of the molecule is O=C1NCCOc2ccc(NC(=O)c3ccnc4[nH]ccc34)cc21. The fraction of sp³-hybridized carbons (Fsp3) is 0.118. The average Bonchev–Trinajstić information content (AvgIpc) is 3.00. The number of anilines is 1. The van der Waals surface area contributed by atoms with Crippen LogP contribution in [0.4, 0.5) is 5.69 Å². The van der Waals surface area contributed by atoms with E-state index in [1.165, 1.54) is 0 Å². The lowest BCUT2D eigenvalue weighted by Gasteiger charge is -2.10. The molecule has 3 heterocycles. The van der Waals surface area contributed by atoms with E-state index in [0.717, 1.165) is 5.39 Å². The van der Waals surface area contributed by atoms with Crippen molar-refractivity contribution in [1.82, 2.24) is 15.3 Å². The van der Waals surface area contributed by atoms with Crippen molar-refractivity contribution in [2.24, 2.45) is 0 Å². The maximum Gasteiger partial charge on any atom is 0.256 e. The zero-order valence-electron chi connectivity index (χ0n) is 12.6. The van der Waals surface area contributed by atoms with Crippen molar-refractivity contribution in [2.45, 2.75) is 0 Å². The van der Waals surface area contributed by atoms with Crippen molar-refractivity contribution in [3.05, 3.63) is 53.9 Å². The molecule has 3 aromatic rings. The number of ether oxygens (including phenoxy) is 1. The summed E-state index contributed by atoms with van der Waals surface area (Å²) in [5, 5.41) is 6.30. The molecule has 0 unspecified atom stereocenters. The normalized spacial score (nSPS) is 13.6. The molecule has 7 heteroatoms. The van der Waals surface area contributed by atoms with Gasteiger partial charge in [-0.15, -0.1) is 0 Å². The highest BCUT2D eigenvalue weighted by molar-refractivity contribution is 6.12. The minimum absolute atomic E-state index is 0.212. The number of fused-ring (bicyclic) bond motifs is 2. The number of hydrogen-bond acceptors (Lipinski definition) is 4. The molecule has 1 aliphatic heterocycles. The zero-order valence-corrected chi connectivity index (χ0v) is 12.6. The van der Waals surface area contributed by atoms with Crippen LogP contribution >= 0.6 is 0 Å². The molecule has 2 aromatic heterocycles. The molecule has 7 nitrogen and oxygen atoms in total. The van der Waals surface area contributed by atoms with E-state index in [4.69, 9.17) is 4.74 Å². The second-order valence-corrected chi connectivity index (χ2v) is 5.37. The molecule has 2 amide bonds. The van der Waals surface area contributed by atoms with Crippen LogP contribution in [0.1, 0.15) is 20.7 Å². The minimum Gasteiger partial charge on any atom is -0.491 e. The van der Waals surface area contributed by atoms with Crippen molar-refractivity contribution < 1.29 is 14.3 Å². The monoisotopic (exact) mass is 322 g/mol. The molecule has 0 atom stereocenters. The van der Waals surface area contributed by atoms with E-state index in [1.807, 2.05) is 0 Å². The van der Waals surface area contributed by atoms with Crippen LogP contribution in [-0.2, 0) is 0 Å². The first-order valence-corrected chi connectivity index (χ1v) is 7.51. The Hall–Kier alpha value is -3.35. The third-order valence-electron chi connectivity index (χ3n) is 3.83. The summed E-state index contributed by atoms with van der Waals surface area (Å²) >= 11 is 0. The number of pyridine rings is 1. The number of aromatic nitrogens is 2. The number of amides is 2. The second-order valence-electron chi connectivity index (χ2n) is 5.37. The van der Waals surface area contributed by atoms with Gasteiger partial charge in [0.05, 0.1) is 17.7 Å². The van der Waals surface area contributed by atoms with Gasteiger partial charge >= 0.3 is 0 Å². The molecule has 0 radical (unpaired) electrons. The summed E-state index contributed by atoms with van der Waals surface area (Å²) in [4.78, 5) is 31.7. The van der Waals surface area contributed by atoms with E-state index < -0.39 is 0 Å². The topological polar surface area (TPSA) is 96.1 Å². The van der Waals surface area contributed by atoms with Crippen molar-refractivity contribution >= 4 is 28.5 Å². The summed E-state index contributed by atoms with van der Waals surface area (Å²) in [6.45, 7) is 0.880. The first-order chi connectivity index (χ1) is 11.7. The first-order valence-electron chi connectivity index (χ1n) is 7.51. The van der Waals surface area contributed by atoms with E-state index >= 15 is 0 Å². The van der Waals surface area contributed by atoms with Gasteiger partial charge in [0.2, 0.25) is 0 Å². The van der Waals surface area contributed by atoms with Crippen LogP contribution in [0.15, 0.2) is 42.7 Å². The van der Waals surface area contributed by atoms with E-state index in [0.29, 0.717) is 41.4 Å². The van der Waals surface area contributed by atoms with E-state index in [-0.39, 0.29) is 11.8 Å². The van der Waals surface area contributed by atoms with Crippen molar-refractivity contribution in [1.29, 1.82) is 0 Å². The van der Waals surface area contributed by atoms with Crippen LogP contribution in [0.3, 0.4) is 0 Å². The highest BCUT2D eigenvalue weighted by atomic mass is 16.5. The number of nitrogens with one attached hydrogen (secondary N) is 3. The predicted octanol–water partition coefficient (Wildman–Crippen LogP) is 1.94. The summed E-state index contributed by atoms with van der Waals surface area (Å²) in [7, 11) is 0. The van der Waals surface area contributed by atoms with Gasteiger partial charge in [0.15, 0.2) is 0 Å². The maximum absolute atomic E-state index is 12.6. The zero-order chi connectivity index (χ0) is 16.5. The quantitative estimate of drug-likeness (QED) is 0.672. The molecule has 0 bridgehead atoms. The van der Waals surface area contributed by atoms with Crippen LogP contribution in [0, 0.1) is 0 Å². The first kappa shape index (κ1) is 14.3. The number of carbonyl (C=O) groups excluding carboxylic acids is 2. The molecule has 1 aromatic carbocycles. The Labute approximate surface area is 137 Å². The summed E-state index contributed by atoms with van der Waals surface area (Å²) < 4.78 is 5.50. The van der Waals surface area contributed by atoms with Gasteiger partial charge in [0, 0.05) is 23.5 Å². The number of carbonyl (C=O) groups is 2. The summed E-state index contributed by atoms with van der Waals surface area (Å²) in [5.74, 6) is 0.0346. The smallest absolute Gasteiger partial charge is 0.256 e. The van der Waals surface area contributed by atoms with Gasteiger partial charge in [-0.3, -0.25) is 9.59 Å². The summed E-state index contributed by atoms with van der Waals surface area (Å²) in [6.07, 6.45) is 3.31. The lowest BCUT2D eigenvalue weighted by Crippen LogP contribution is -2.24. The van der Waals surface area contributed by atoms with Crippen molar-refractivity contribution in [2.75, 3.05) is 18.5 Å². The van der Waals surface area contributed by atoms with E-state index in [2.05, 4.69) is 20.6 Å². The number of aromatic amines is 1. The molecule has 24 heavy (non-hydrogen) atoms. The predicted molar refractivity (Wildman–Crippen MR) is 88.3 cm³/mol. The molecule has 120 valence electrons. The number of nitrogens with zero attached hydrogens (tertiary/aromatic N) is 1. The van der Waals surface area contributed by atoms with E-state index in [9.17, 15) is 9.59 Å². The Morgan fingerprint density at radius 2 is 2.17 bits per heavy atom. The minimum atomic E-state index is -0.267. The summed E-state index contributed by atoms with van der Waals surface area (Å²) in [6, 6.07) is 8.48. The molecule has 0 saturated carbocycles. The second kappa shape index (κ2) is 5.69.